The lowest BCUT2D eigenvalue weighted by atomic mass is 10.1. The fraction of sp³-hybridized carbons (Fsp3) is 0.645. The minimum absolute atomic E-state index is 0.0308. The lowest BCUT2D eigenvalue weighted by Crippen LogP contribution is -2.58. The molecule has 0 aromatic rings. The zero-order valence-corrected chi connectivity index (χ0v) is 32.2. The number of carboxylic acid groups (broad SMARTS) is 2. The number of aliphatic carboxylic acids is 2. The monoisotopic (exact) mass is 832 g/mol. The Morgan fingerprint density at radius 2 is 1.40 bits per heavy atom. The number of hydrogen-bond acceptors (Lipinski definition) is 14. The zero-order chi connectivity index (χ0) is 43.4. The third kappa shape index (κ3) is 17.7. The van der Waals surface area contributed by atoms with E-state index in [0.29, 0.717) is 6.42 Å². The summed E-state index contributed by atoms with van der Waals surface area (Å²) in [4.78, 5) is 129. The van der Waals surface area contributed by atoms with Gasteiger partial charge in [0.05, 0.1) is 32.2 Å². The molecule has 26 heteroatoms. The number of aliphatic hydroxyl groups excluding tert-OH is 1. The first kappa shape index (κ1) is 49.3. The number of likely N-dealkylation sites (tertiary alicyclic amines) is 1. The summed E-state index contributed by atoms with van der Waals surface area (Å²) in [6.07, 6.45) is -0.121. The first-order chi connectivity index (χ1) is 26.7. The standard InChI is InChI=1S/C31H52N12O13S/c1-14(24(49)36-10-21(45)40-18(30(55)56)9-23(47)48)38-25(50)15(2)39-29(54)20-6-4-8-43(20)22(46)11-37-27(52)17(5-3-7-35-31(33)34)41-28(53)19(12-44)42-26(51)16(32)13-57/h14-20,44,57H,3-13,32H2,1-2H3,(H,36,49)(H,37,52)(H,38,50)(H,39,54)(H,40,45)(H,41,53)(H,42,51)(H,47,48)(H,55,56)(H4,33,34,35)/t14-,15-,16-,17-,18-,19-,20-/m0/s1. The van der Waals surface area contributed by atoms with Crippen molar-refractivity contribution in [2.75, 3.05) is 38.5 Å². The van der Waals surface area contributed by atoms with Crippen LogP contribution in [0.1, 0.15) is 46.0 Å². The van der Waals surface area contributed by atoms with E-state index in [1.807, 2.05) is 5.32 Å². The van der Waals surface area contributed by atoms with Crippen molar-refractivity contribution < 1.29 is 63.3 Å². The van der Waals surface area contributed by atoms with Crippen LogP contribution in [0.3, 0.4) is 0 Å². The Balaban J connectivity index is 2.80. The summed E-state index contributed by atoms with van der Waals surface area (Å²) in [6.45, 7) is 0.624. The van der Waals surface area contributed by atoms with Crippen LogP contribution < -0.4 is 54.4 Å². The molecule has 1 heterocycles. The van der Waals surface area contributed by atoms with E-state index in [-0.39, 0.29) is 44.1 Å². The minimum atomic E-state index is -1.73. The largest absolute Gasteiger partial charge is 0.481 e. The Labute approximate surface area is 331 Å². The highest BCUT2D eigenvalue weighted by Gasteiger charge is 2.36. The Bertz CT molecular complexity index is 1530. The van der Waals surface area contributed by atoms with Crippen molar-refractivity contribution in [3.05, 3.63) is 0 Å². The van der Waals surface area contributed by atoms with Gasteiger partial charge in [-0.3, -0.25) is 48.1 Å². The molecule has 7 atom stereocenters. The van der Waals surface area contributed by atoms with Crippen LogP contribution in [-0.4, -0.2) is 166 Å². The predicted molar refractivity (Wildman–Crippen MR) is 200 cm³/mol. The molecule has 16 N–H and O–H groups in total. The second-order valence-corrected chi connectivity index (χ2v) is 13.1. The fourth-order valence-electron chi connectivity index (χ4n) is 5.05. The smallest absolute Gasteiger partial charge is 0.326 e. The van der Waals surface area contributed by atoms with Crippen LogP contribution in [0.25, 0.3) is 0 Å². The van der Waals surface area contributed by atoms with Crippen molar-refractivity contribution in [2.24, 2.45) is 22.2 Å². The van der Waals surface area contributed by atoms with Gasteiger partial charge in [0.2, 0.25) is 47.3 Å². The molecular formula is C31H52N12O13S. The maximum Gasteiger partial charge on any atom is 0.326 e. The molecule has 1 fully saturated rings. The molecule has 57 heavy (non-hydrogen) atoms. The van der Waals surface area contributed by atoms with Gasteiger partial charge in [0, 0.05) is 18.8 Å². The molecule has 0 aliphatic carbocycles. The molecule has 0 radical (unpaired) electrons. The molecule has 8 amide bonds. The number of rotatable bonds is 24. The van der Waals surface area contributed by atoms with E-state index >= 15 is 0 Å². The summed E-state index contributed by atoms with van der Waals surface area (Å²) in [6, 6.07) is -9.06. The second kappa shape index (κ2) is 24.7. The van der Waals surface area contributed by atoms with Gasteiger partial charge in [-0.05, 0) is 39.5 Å². The number of guanidine groups is 1. The fourth-order valence-corrected chi connectivity index (χ4v) is 5.21. The summed E-state index contributed by atoms with van der Waals surface area (Å²) in [5.41, 5.74) is 16.3. The molecule has 0 spiro atoms. The predicted octanol–water partition coefficient (Wildman–Crippen LogP) is -7.46. The van der Waals surface area contributed by atoms with Crippen molar-refractivity contribution in [3.8, 4) is 0 Å². The molecular weight excluding hydrogens is 780 g/mol. The lowest BCUT2D eigenvalue weighted by molar-refractivity contribution is -0.147. The molecule has 1 aliphatic heterocycles. The molecule has 0 aromatic carbocycles. The number of thiol groups is 1. The van der Waals surface area contributed by atoms with Crippen LogP contribution in [0.5, 0.6) is 0 Å². The normalized spacial score (nSPS) is 16.5. The van der Waals surface area contributed by atoms with Gasteiger partial charge in [-0.15, -0.1) is 0 Å². The molecule has 320 valence electrons. The highest BCUT2D eigenvalue weighted by Crippen LogP contribution is 2.17. The molecule has 0 bridgehead atoms. The van der Waals surface area contributed by atoms with Gasteiger partial charge in [-0.1, -0.05) is 0 Å². The number of carboxylic acids is 2. The van der Waals surface area contributed by atoms with Crippen LogP contribution in [-0.2, 0) is 47.9 Å². The van der Waals surface area contributed by atoms with Crippen LogP contribution in [0.2, 0.25) is 0 Å². The van der Waals surface area contributed by atoms with E-state index in [2.05, 4.69) is 49.5 Å². The number of carbonyl (C=O) groups is 10. The first-order valence-corrected chi connectivity index (χ1v) is 18.2. The van der Waals surface area contributed by atoms with Crippen LogP contribution in [0.15, 0.2) is 4.99 Å². The van der Waals surface area contributed by atoms with E-state index in [0.717, 1.165) is 0 Å². The molecule has 0 unspecified atom stereocenters. The summed E-state index contributed by atoms with van der Waals surface area (Å²) in [5.74, 6) is -9.89. The summed E-state index contributed by atoms with van der Waals surface area (Å²) < 4.78 is 0. The Kier molecular flexibility index (Phi) is 21.3. The number of nitrogens with two attached hydrogens (primary N) is 3. The molecule has 0 aromatic heterocycles. The zero-order valence-electron chi connectivity index (χ0n) is 31.3. The van der Waals surface area contributed by atoms with Crippen molar-refractivity contribution in [1.29, 1.82) is 0 Å². The number of amides is 8. The van der Waals surface area contributed by atoms with E-state index < -0.39 is 128 Å². The van der Waals surface area contributed by atoms with Crippen LogP contribution >= 0.6 is 12.6 Å². The highest BCUT2D eigenvalue weighted by atomic mass is 32.1. The summed E-state index contributed by atoms with van der Waals surface area (Å²) in [5, 5.41) is 43.5. The number of aliphatic hydroxyl groups is 1. The molecule has 1 saturated heterocycles. The van der Waals surface area contributed by atoms with Crippen LogP contribution in [0, 0.1) is 0 Å². The third-order valence-corrected chi connectivity index (χ3v) is 8.55. The van der Waals surface area contributed by atoms with Gasteiger partial charge >= 0.3 is 11.9 Å². The Hall–Kier alpha value is -5.76. The topological polar surface area (TPSA) is 409 Å². The molecule has 1 aliphatic rings. The van der Waals surface area contributed by atoms with Gasteiger partial charge in [-0.25, -0.2) is 4.79 Å². The average Bonchev–Trinajstić information content (AvgIpc) is 3.65. The molecule has 0 saturated carbocycles. The Morgan fingerprint density at radius 1 is 0.789 bits per heavy atom. The minimum Gasteiger partial charge on any atom is -0.481 e. The quantitative estimate of drug-likeness (QED) is 0.0186. The number of aliphatic imine (C=N–C) groups is 1. The number of carbonyl (C=O) groups excluding carboxylic acids is 8. The van der Waals surface area contributed by atoms with Gasteiger partial charge in [-0.2, -0.15) is 12.6 Å². The van der Waals surface area contributed by atoms with Crippen molar-refractivity contribution >= 4 is 77.8 Å². The van der Waals surface area contributed by atoms with Crippen LogP contribution in [0.4, 0.5) is 0 Å². The Morgan fingerprint density at radius 3 is 1.98 bits per heavy atom. The van der Waals surface area contributed by atoms with E-state index in [4.69, 9.17) is 27.4 Å². The van der Waals surface area contributed by atoms with Gasteiger partial charge in [0.25, 0.3) is 0 Å². The maximum absolute atomic E-state index is 13.2. The number of hydrogen-bond donors (Lipinski definition) is 14. The first-order valence-electron chi connectivity index (χ1n) is 17.5. The van der Waals surface area contributed by atoms with E-state index in [9.17, 15) is 53.1 Å². The van der Waals surface area contributed by atoms with Crippen molar-refractivity contribution in [1.82, 2.24) is 42.1 Å². The lowest BCUT2D eigenvalue weighted by Gasteiger charge is -2.26. The third-order valence-electron chi connectivity index (χ3n) is 8.16. The maximum atomic E-state index is 13.2. The van der Waals surface area contributed by atoms with Gasteiger partial charge < -0.3 is 74.6 Å². The van der Waals surface area contributed by atoms with E-state index in [1.54, 1.807) is 0 Å². The highest BCUT2D eigenvalue weighted by molar-refractivity contribution is 7.80. The average molecular weight is 833 g/mol. The molecule has 1 rings (SSSR count). The van der Waals surface area contributed by atoms with Gasteiger partial charge in [0.1, 0.15) is 36.3 Å². The van der Waals surface area contributed by atoms with Crippen molar-refractivity contribution in [2.45, 2.75) is 88.2 Å². The second-order valence-electron chi connectivity index (χ2n) is 12.7. The van der Waals surface area contributed by atoms with E-state index in [1.165, 1.54) is 18.7 Å². The molecule has 25 nitrogen and oxygen atoms in total. The summed E-state index contributed by atoms with van der Waals surface area (Å²) in [7, 11) is 0. The SMILES string of the molecule is C[C@H](NC(=O)[C@H](C)NC(=O)[C@@H]1CCCN1C(=O)CNC(=O)[C@H](CCCN=C(N)N)NC(=O)[C@H](CO)NC(=O)[C@@H](N)CS)C(=O)NCC(=O)N[C@@H](CC(=O)O)C(=O)O. The van der Waals surface area contributed by atoms with Gasteiger partial charge in [0.15, 0.2) is 5.96 Å². The summed E-state index contributed by atoms with van der Waals surface area (Å²) >= 11 is 3.91. The van der Waals surface area contributed by atoms with Crippen molar-refractivity contribution in [3.63, 3.8) is 0 Å². The number of nitrogens with zero attached hydrogens (tertiary/aromatic N) is 2. The number of nitrogens with one attached hydrogen (secondary N) is 7.